The van der Waals surface area contributed by atoms with Gasteiger partial charge in [0, 0.05) is 19.9 Å². The van der Waals surface area contributed by atoms with Crippen LogP contribution in [0.5, 0.6) is 0 Å². The lowest BCUT2D eigenvalue weighted by Gasteiger charge is -2.20. The molecule has 37 heavy (non-hydrogen) atoms. The van der Waals surface area contributed by atoms with Crippen LogP contribution >= 0.6 is 0 Å². The van der Waals surface area contributed by atoms with E-state index in [9.17, 15) is 29.4 Å². The lowest BCUT2D eigenvalue weighted by Crippen LogP contribution is -2.48. The third-order valence-electron chi connectivity index (χ3n) is 5.68. The van der Waals surface area contributed by atoms with Gasteiger partial charge in [-0.15, -0.1) is 0 Å². The van der Waals surface area contributed by atoms with E-state index >= 15 is 0 Å². The number of benzene rings is 2. The summed E-state index contributed by atoms with van der Waals surface area (Å²) in [5.74, 6) is -2.95. The number of amides is 3. The van der Waals surface area contributed by atoms with E-state index in [-0.39, 0.29) is 44.4 Å². The SMILES string of the molecule is CC(=O)NCCOC(=O)[C@H](CO)C[C@H](C)CNC(=O)N[C@@H](Cc1ccc(-c2ccccc2)cc1)C(=O)O. The first-order chi connectivity index (χ1) is 17.7. The summed E-state index contributed by atoms with van der Waals surface area (Å²) in [6, 6.07) is 15.5. The van der Waals surface area contributed by atoms with Crippen LogP contribution in [0, 0.1) is 11.8 Å². The van der Waals surface area contributed by atoms with Gasteiger partial charge >= 0.3 is 18.0 Å². The number of carbonyl (C=O) groups excluding carboxylic acids is 3. The van der Waals surface area contributed by atoms with E-state index in [4.69, 9.17) is 4.74 Å². The number of urea groups is 1. The molecule has 5 N–H and O–H groups in total. The Morgan fingerprint density at radius 3 is 2.19 bits per heavy atom. The zero-order chi connectivity index (χ0) is 27.2. The molecular formula is C27H35N3O7. The Hall–Kier alpha value is -3.92. The molecule has 10 nitrogen and oxygen atoms in total. The van der Waals surface area contributed by atoms with Crippen LogP contribution < -0.4 is 16.0 Å². The largest absolute Gasteiger partial charge is 0.480 e. The normalized spacial score (nSPS) is 13.1. The summed E-state index contributed by atoms with van der Waals surface area (Å²) < 4.78 is 5.06. The maximum atomic E-state index is 12.3. The summed E-state index contributed by atoms with van der Waals surface area (Å²) in [4.78, 5) is 47.0. The monoisotopic (exact) mass is 513 g/mol. The molecule has 3 atom stereocenters. The number of carbonyl (C=O) groups is 4. The van der Waals surface area contributed by atoms with Gasteiger partial charge in [0.25, 0.3) is 0 Å². The molecule has 0 aliphatic heterocycles. The third-order valence-corrected chi connectivity index (χ3v) is 5.68. The molecule has 0 unspecified atom stereocenters. The van der Waals surface area contributed by atoms with Crippen molar-refractivity contribution in [2.24, 2.45) is 11.8 Å². The summed E-state index contributed by atoms with van der Waals surface area (Å²) in [6.45, 7) is 3.06. The molecule has 0 aromatic heterocycles. The number of hydrogen-bond donors (Lipinski definition) is 5. The second kappa shape index (κ2) is 15.2. The second-order valence-corrected chi connectivity index (χ2v) is 8.88. The smallest absolute Gasteiger partial charge is 0.326 e. The van der Waals surface area contributed by atoms with E-state index in [0.29, 0.717) is 0 Å². The molecule has 2 aromatic carbocycles. The molecule has 10 heteroatoms. The van der Waals surface area contributed by atoms with Crippen LogP contribution in [0.2, 0.25) is 0 Å². The van der Waals surface area contributed by atoms with Crippen molar-refractivity contribution >= 4 is 23.9 Å². The molecule has 0 aliphatic carbocycles. The second-order valence-electron chi connectivity index (χ2n) is 8.88. The first-order valence-corrected chi connectivity index (χ1v) is 12.1. The van der Waals surface area contributed by atoms with Gasteiger partial charge in [-0.2, -0.15) is 0 Å². The number of carboxylic acids is 1. The van der Waals surface area contributed by atoms with Gasteiger partial charge in [0.2, 0.25) is 5.91 Å². The van der Waals surface area contributed by atoms with Gasteiger partial charge in [0.15, 0.2) is 0 Å². The van der Waals surface area contributed by atoms with Crippen LogP contribution in [0.1, 0.15) is 25.8 Å². The maximum absolute atomic E-state index is 12.3. The molecule has 0 heterocycles. The Kier molecular flexibility index (Phi) is 12.1. The van der Waals surface area contributed by atoms with Crippen molar-refractivity contribution < 1.29 is 34.1 Å². The molecule has 2 rings (SSSR count). The van der Waals surface area contributed by atoms with Gasteiger partial charge in [-0.05, 0) is 29.0 Å². The highest BCUT2D eigenvalue weighted by Gasteiger charge is 2.24. The van der Waals surface area contributed by atoms with Crippen molar-refractivity contribution in [3.05, 3.63) is 60.2 Å². The van der Waals surface area contributed by atoms with Crippen molar-refractivity contribution in [1.29, 1.82) is 0 Å². The fourth-order valence-corrected chi connectivity index (χ4v) is 3.69. The minimum atomic E-state index is -1.15. The average Bonchev–Trinajstić information content (AvgIpc) is 2.88. The Bertz CT molecular complexity index is 1030. The molecule has 0 bridgehead atoms. The standard InChI is InChI=1S/C27H35N3O7/c1-18(14-23(17-31)26(35)37-13-12-28-19(2)32)16-29-27(36)30-24(25(33)34)15-20-8-10-22(11-9-20)21-6-4-3-5-7-21/h3-11,18,23-24,31H,12-17H2,1-2H3,(H,28,32)(H,33,34)(H2,29,30,36)/t18-,23-,24-/m0/s1. The molecular weight excluding hydrogens is 478 g/mol. The van der Waals surface area contributed by atoms with Gasteiger partial charge in [-0.3, -0.25) is 9.59 Å². The van der Waals surface area contributed by atoms with Crippen LogP contribution in [0.3, 0.4) is 0 Å². The predicted octanol–water partition coefficient (Wildman–Crippen LogP) is 1.96. The summed E-state index contributed by atoms with van der Waals surface area (Å²) in [7, 11) is 0. The first kappa shape index (κ1) is 29.3. The van der Waals surface area contributed by atoms with Crippen molar-refractivity contribution in [3.63, 3.8) is 0 Å². The molecule has 0 saturated carbocycles. The minimum Gasteiger partial charge on any atom is -0.480 e. The van der Waals surface area contributed by atoms with Gasteiger partial charge < -0.3 is 30.9 Å². The summed E-state index contributed by atoms with van der Waals surface area (Å²) in [6.07, 6.45) is 0.371. The van der Waals surface area contributed by atoms with Gasteiger partial charge in [-0.25, -0.2) is 9.59 Å². The Morgan fingerprint density at radius 2 is 1.59 bits per heavy atom. The Balaban J connectivity index is 1.80. The van der Waals surface area contributed by atoms with E-state index in [1.54, 1.807) is 6.92 Å². The summed E-state index contributed by atoms with van der Waals surface area (Å²) in [5.41, 5.74) is 2.83. The molecule has 0 fully saturated rings. The van der Waals surface area contributed by atoms with E-state index in [0.717, 1.165) is 16.7 Å². The molecule has 0 saturated heterocycles. The fourth-order valence-electron chi connectivity index (χ4n) is 3.69. The van der Waals surface area contributed by atoms with E-state index < -0.39 is 36.5 Å². The van der Waals surface area contributed by atoms with E-state index in [1.807, 2.05) is 54.6 Å². The molecule has 2 aromatic rings. The minimum absolute atomic E-state index is 0.00446. The van der Waals surface area contributed by atoms with Crippen molar-refractivity contribution in [2.45, 2.75) is 32.7 Å². The zero-order valence-corrected chi connectivity index (χ0v) is 21.1. The number of aliphatic hydroxyl groups excluding tert-OH is 1. The van der Waals surface area contributed by atoms with Crippen LogP contribution in [0.25, 0.3) is 11.1 Å². The fraction of sp³-hybridized carbons (Fsp3) is 0.407. The summed E-state index contributed by atoms with van der Waals surface area (Å²) in [5, 5.41) is 26.7. The predicted molar refractivity (Wildman–Crippen MR) is 138 cm³/mol. The average molecular weight is 514 g/mol. The highest BCUT2D eigenvalue weighted by Crippen LogP contribution is 2.20. The van der Waals surface area contributed by atoms with E-state index in [2.05, 4.69) is 16.0 Å². The Labute approximate surface area is 216 Å². The van der Waals surface area contributed by atoms with Crippen LogP contribution in [0.4, 0.5) is 4.79 Å². The van der Waals surface area contributed by atoms with Crippen LogP contribution in [-0.2, 0) is 25.5 Å². The number of esters is 1. The number of nitrogens with one attached hydrogen (secondary N) is 3. The number of carboxylic acid groups (broad SMARTS) is 1. The molecule has 0 radical (unpaired) electrons. The highest BCUT2D eigenvalue weighted by molar-refractivity contribution is 5.82. The number of aliphatic carboxylic acids is 1. The quantitative estimate of drug-likeness (QED) is 0.191. The first-order valence-electron chi connectivity index (χ1n) is 12.1. The van der Waals surface area contributed by atoms with E-state index in [1.165, 1.54) is 6.92 Å². The van der Waals surface area contributed by atoms with Crippen molar-refractivity contribution in [3.8, 4) is 11.1 Å². The third kappa shape index (κ3) is 10.7. The van der Waals surface area contributed by atoms with Gasteiger partial charge in [0.05, 0.1) is 19.1 Å². The Morgan fingerprint density at radius 1 is 0.946 bits per heavy atom. The molecule has 200 valence electrons. The van der Waals surface area contributed by atoms with Crippen molar-refractivity contribution in [1.82, 2.24) is 16.0 Å². The number of ether oxygens (including phenoxy) is 1. The zero-order valence-electron chi connectivity index (χ0n) is 21.1. The van der Waals surface area contributed by atoms with Crippen molar-refractivity contribution in [2.75, 3.05) is 26.3 Å². The topological polar surface area (TPSA) is 154 Å². The lowest BCUT2D eigenvalue weighted by molar-refractivity contribution is -0.150. The number of aliphatic hydroxyl groups is 1. The summed E-state index contributed by atoms with van der Waals surface area (Å²) >= 11 is 0. The molecule has 3 amide bonds. The van der Waals surface area contributed by atoms with Crippen LogP contribution in [-0.4, -0.2) is 66.4 Å². The molecule has 0 spiro atoms. The highest BCUT2D eigenvalue weighted by atomic mass is 16.5. The molecule has 0 aliphatic rings. The number of rotatable bonds is 14. The van der Waals surface area contributed by atoms with Gasteiger partial charge in [0.1, 0.15) is 12.6 Å². The lowest BCUT2D eigenvalue weighted by atomic mass is 9.96. The van der Waals surface area contributed by atoms with Gasteiger partial charge in [-0.1, -0.05) is 61.5 Å². The maximum Gasteiger partial charge on any atom is 0.326 e. The number of hydrogen-bond acceptors (Lipinski definition) is 6. The van der Waals surface area contributed by atoms with Crippen LogP contribution in [0.15, 0.2) is 54.6 Å².